The number of nitrogens with one attached hydrogen (secondary N) is 2. The molecule has 25 heavy (non-hydrogen) atoms. The van der Waals surface area contributed by atoms with Crippen LogP contribution in [0.5, 0.6) is 0 Å². The van der Waals surface area contributed by atoms with Gasteiger partial charge in [-0.3, -0.25) is 4.79 Å². The van der Waals surface area contributed by atoms with E-state index in [0.717, 1.165) is 49.7 Å². The van der Waals surface area contributed by atoms with E-state index in [-0.39, 0.29) is 17.1 Å². The Balaban J connectivity index is 2.06. The quantitative estimate of drug-likeness (QED) is 0.772. The van der Waals surface area contributed by atoms with Crippen molar-refractivity contribution in [2.75, 3.05) is 45.3 Å². The maximum absolute atomic E-state index is 11.9. The van der Waals surface area contributed by atoms with Crippen molar-refractivity contribution in [3.8, 4) is 0 Å². The molecule has 0 radical (unpaired) electrons. The molecule has 1 fully saturated rings. The van der Waals surface area contributed by atoms with Crippen molar-refractivity contribution in [2.45, 2.75) is 40.2 Å². The summed E-state index contributed by atoms with van der Waals surface area (Å²) < 4.78 is 5.28. The third-order valence-electron chi connectivity index (χ3n) is 4.69. The van der Waals surface area contributed by atoms with E-state index >= 15 is 0 Å². The van der Waals surface area contributed by atoms with Crippen LogP contribution in [-0.2, 0) is 4.74 Å². The molecule has 7 nitrogen and oxygen atoms in total. The fourth-order valence-corrected chi connectivity index (χ4v) is 3.12. The van der Waals surface area contributed by atoms with Crippen molar-refractivity contribution in [1.82, 2.24) is 20.6 Å². The van der Waals surface area contributed by atoms with Gasteiger partial charge < -0.3 is 20.3 Å². The fraction of sp³-hybridized carbons (Fsp3) is 0.722. The molecular formula is C18H31N5O2. The number of amides is 1. The Morgan fingerprint density at radius 3 is 2.72 bits per heavy atom. The molecule has 2 rings (SSSR count). The van der Waals surface area contributed by atoms with E-state index in [1.807, 2.05) is 13.8 Å². The van der Waals surface area contributed by atoms with Crippen LogP contribution in [0.15, 0.2) is 0 Å². The molecule has 1 saturated heterocycles. The summed E-state index contributed by atoms with van der Waals surface area (Å²) in [5.74, 6) is 0.851. The molecule has 0 aliphatic carbocycles. The van der Waals surface area contributed by atoms with Crippen LogP contribution in [0.4, 0.5) is 5.82 Å². The van der Waals surface area contributed by atoms with Crippen LogP contribution < -0.4 is 15.5 Å². The predicted octanol–water partition coefficient (Wildman–Crippen LogP) is 1.29. The zero-order valence-electron chi connectivity index (χ0n) is 16.3. The molecule has 0 unspecified atom stereocenters. The molecule has 2 heterocycles. The van der Waals surface area contributed by atoms with E-state index in [1.54, 1.807) is 14.2 Å². The molecule has 1 aliphatic rings. The summed E-state index contributed by atoms with van der Waals surface area (Å²) in [4.78, 5) is 23.0. The average Bonchev–Trinajstić information content (AvgIpc) is 3.03. The number of rotatable bonds is 7. The molecule has 1 aromatic rings. The van der Waals surface area contributed by atoms with Gasteiger partial charge >= 0.3 is 0 Å². The first-order chi connectivity index (χ1) is 11.8. The summed E-state index contributed by atoms with van der Waals surface area (Å²) in [5, 5.41) is 6.24. The molecule has 7 heteroatoms. The van der Waals surface area contributed by atoms with E-state index in [4.69, 9.17) is 4.74 Å². The van der Waals surface area contributed by atoms with Gasteiger partial charge in [0.15, 0.2) is 0 Å². The molecule has 1 amide bonds. The molecule has 1 aromatic heterocycles. The molecule has 1 atom stereocenters. The van der Waals surface area contributed by atoms with Crippen molar-refractivity contribution in [2.24, 2.45) is 5.41 Å². The number of hydrogen-bond acceptors (Lipinski definition) is 6. The lowest BCUT2D eigenvalue weighted by molar-refractivity contribution is 0.0952. The van der Waals surface area contributed by atoms with Crippen molar-refractivity contribution in [3.05, 3.63) is 17.1 Å². The fourth-order valence-electron chi connectivity index (χ4n) is 3.12. The first-order valence-corrected chi connectivity index (χ1v) is 8.82. The largest absolute Gasteiger partial charge is 0.384 e. The van der Waals surface area contributed by atoms with Gasteiger partial charge in [-0.1, -0.05) is 13.8 Å². The lowest BCUT2D eigenvalue weighted by Crippen LogP contribution is -2.40. The van der Waals surface area contributed by atoms with Gasteiger partial charge in [0.25, 0.3) is 5.91 Å². The molecule has 0 spiro atoms. The summed E-state index contributed by atoms with van der Waals surface area (Å²) in [6, 6.07) is 0.411. The second-order valence-corrected chi connectivity index (χ2v) is 7.57. The number of nitrogens with zero attached hydrogens (tertiary/aromatic N) is 3. The van der Waals surface area contributed by atoms with Gasteiger partial charge in [-0.05, 0) is 20.3 Å². The molecular weight excluding hydrogens is 318 g/mol. The van der Waals surface area contributed by atoms with Gasteiger partial charge in [-0.2, -0.15) is 0 Å². The van der Waals surface area contributed by atoms with Gasteiger partial charge in [-0.25, -0.2) is 9.97 Å². The third-order valence-corrected chi connectivity index (χ3v) is 4.69. The number of anilines is 1. The van der Waals surface area contributed by atoms with Crippen molar-refractivity contribution in [1.29, 1.82) is 0 Å². The topological polar surface area (TPSA) is 79.4 Å². The third kappa shape index (κ3) is 4.89. The lowest BCUT2D eigenvalue weighted by Gasteiger charge is -2.26. The summed E-state index contributed by atoms with van der Waals surface area (Å²) in [5.41, 5.74) is 1.99. The Bertz CT molecular complexity index is 618. The maximum atomic E-state index is 11.9. The van der Waals surface area contributed by atoms with E-state index in [0.29, 0.717) is 6.04 Å². The Morgan fingerprint density at radius 2 is 2.08 bits per heavy atom. The highest BCUT2D eigenvalue weighted by molar-refractivity contribution is 5.90. The Morgan fingerprint density at radius 1 is 1.36 bits per heavy atom. The second-order valence-electron chi connectivity index (χ2n) is 7.57. The molecule has 1 aliphatic heterocycles. The highest BCUT2D eigenvalue weighted by Gasteiger charge is 2.28. The van der Waals surface area contributed by atoms with Crippen LogP contribution in [0.1, 0.15) is 42.1 Å². The summed E-state index contributed by atoms with van der Waals surface area (Å²) in [7, 11) is 3.33. The minimum absolute atomic E-state index is 0.107. The monoisotopic (exact) mass is 349 g/mol. The first-order valence-electron chi connectivity index (χ1n) is 8.82. The minimum atomic E-state index is -0.250. The van der Waals surface area contributed by atoms with Gasteiger partial charge in [0.1, 0.15) is 5.82 Å². The van der Waals surface area contributed by atoms with Crippen molar-refractivity contribution in [3.63, 3.8) is 0 Å². The van der Waals surface area contributed by atoms with E-state index in [2.05, 4.69) is 39.3 Å². The van der Waals surface area contributed by atoms with Crippen LogP contribution in [0, 0.1) is 19.3 Å². The van der Waals surface area contributed by atoms with Crippen LogP contribution >= 0.6 is 0 Å². The number of carbonyl (C=O) groups is 1. The predicted molar refractivity (Wildman–Crippen MR) is 99.2 cm³/mol. The number of aromatic nitrogens is 2. The van der Waals surface area contributed by atoms with Crippen LogP contribution in [0.2, 0.25) is 0 Å². The first kappa shape index (κ1) is 19.6. The van der Waals surface area contributed by atoms with Gasteiger partial charge in [0, 0.05) is 56.5 Å². The number of ether oxygens (including phenoxy) is 1. The lowest BCUT2D eigenvalue weighted by atomic mass is 9.94. The van der Waals surface area contributed by atoms with Crippen molar-refractivity contribution >= 4 is 11.7 Å². The Hall–Kier alpha value is -1.73. The smallest absolute Gasteiger partial charge is 0.288 e. The normalized spacial score (nSPS) is 17.8. The van der Waals surface area contributed by atoms with E-state index < -0.39 is 0 Å². The van der Waals surface area contributed by atoms with Crippen LogP contribution in [0.3, 0.4) is 0 Å². The number of hydrogen-bond donors (Lipinski definition) is 2. The maximum Gasteiger partial charge on any atom is 0.288 e. The summed E-state index contributed by atoms with van der Waals surface area (Å²) in [6.07, 6.45) is 1.06. The Kier molecular flexibility index (Phi) is 6.35. The number of carbonyl (C=O) groups excluding carboxylic acids is 1. The second kappa shape index (κ2) is 8.10. The average molecular weight is 349 g/mol. The standard InChI is InChI=1S/C18H31N5O2/c1-12-13(2)21-15(17(24)19-5)22-16(12)23-8-7-14(9-23)20-10-18(3,4)11-25-6/h14,20H,7-11H2,1-6H3,(H,19,24)/t14-/m1/s1. The highest BCUT2D eigenvalue weighted by atomic mass is 16.5. The van der Waals surface area contributed by atoms with Gasteiger partial charge in [0.2, 0.25) is 5.82 Å². The molecule has 0 aromatic carbocycles. The van der Waals surface area contributed by atoms with Crippen molar-refractivity contribution < 1.29 is 9.53 Å². The molecule has 0 bridgehead atoms. The van der Waals surface area contributed by atoms with E-state index in [9.17, 15) is 4.79 Å². The molecule has 140 valence electrons. The van der Waals surface area contributed by atoms with Gasteiger partial charge in [0.05, 0.1) is 6.61 Å². The summed E-state index contributed by atoms with van der Waals surface area (Å²) >= 11 is 0. The summed E-state index contributed by atoms with van der Waals surface area (Å²) in [6.45, 7) is 11.8. The van der Waals surface area contributed by atoms with Crippen LogP contribution in [0.25, 0.3) is 0 Å². The number of aryl methyl sites for hydroxylation is 1. The SMILES string of the molecule is CNC(=O)c1nc(C)c(C)c(N2CC[C@@H](NCC(C)(C)COC)C2)n1. The Labute approximate surface area is 150 Å². The minimum Gasteiger partial charge on any atom is -0.384 e. The van der Waals surface area contributed by atoms with E-state index in [1.165, 1.54) is 0 Å². The zero-order chi connectivity index (χ0) is 18.6. The molecule has 2 N–H and O–H groups in total. The number of methoxy groups -OCH3 is 1. The van der Waals surface area contributed by atoms with Gasteiger partial charge in [-0.15, -0.1) is 0 Å². The van der Waals surface area contributed by atoms with Crippen LogP contribution in [-0.4, -0.2) is 62.3 Å². The highest BCUT2D eigenvalue weighted by Crippen LogP contribution is 2.24. The zero-order valence-corrected chi connectivity index (χ0v) is 16.3. The molecule has 0 saturated carbocycles.